The lowest BCUT2D eigenvalue weighted by molar-refractivity contribution is 0.0519. The molecule has 98 valence electrons. The Kier molecular flexibility index (Phi) is 4.07. The third kappa shape index (κ3) is 2.88. The number of para-hydroxylation sites is 1. The van der Waals surface area contributed by atoms with E-state index in [1.54, 1.807) is 20.1 Å². The highest BCUT2D eigenvalue weighted by molar-refractivity contribution is 5.88. The van der Waals surface area contributed by atoms with Crippen LogP contribution < -0.4 is 4.74 Å². The first-order valence-corrected chi connectivity index (χ1v) is 5.88. The third-order valence-electron chi connectivity index (χ3n) is 2.53. The SMILES string of the molecule is CCOC(=O)c1cc(-c2ccccc2OC)ncn1. The van der Waals surface area contributed by atoms with E-state index < -0.39 is 5.97 Å². The summed E-state index contributed by atoms with van der Waals surface area (Å²) in [7, 11) is 1.59. The molecule has 0 bridgehead atoms. The molecule has 0 N–H and O–H groups in total. The fourth-order valence-corrected chi connectivity index (χ4v) is 1.68. The molecule has 0 aliphatic heterocycles. The van der Waals surface area contributed by atoms with Crippen molar-refractivity contribution in [2.45, 2.75) is 6.92 Å². The molecule has 5 nitrogen and oxygen atoms in total. The molecule has 0 amide bonds. The molecule has 0 saturated heterocycles. The Bertz CT molecular complexity index is 584. The van der Waals surface area contributed by atoms with Gasteiger partial charge in [0.15, 0.2) is 5.69 Å². The molecule has 0 spiro atoms. The maximum absolute atomic E-state index is 11.6. The zero-order chi connectivity index (χ0) is 13.7. The number of aromatic nitrogens is 2. The minimum Gasteiger partial charge on any atom is -0.496 e. The number of carbonyl (C=O) groups excluding carboxylic acids is 1. The van der Waals surface area contributed by atoms with Gasteiger partial charge in [0.1, 0.15) is 12.1 Å². The van der Waals surface area contributed by atoms with E-state index in [2.05, 4.69) is 9.97 Å². The second-order valence-electron chi connectivity index (χ2n) is 3.71. The molecule has 0 radical (unpaired) electrons. The molecule has 0 unspecified atom stereocenters. The van der Waals surface area contributed by atoms with Gasteiger partial charge in [-0.3, -0.25) is 0 Å². The van der Waals surface area contributed by atoms with Crippen molar-refractivity contribution < 1.29 is 14.3 Å². The summed E-state index contributed by atoms with van der Waals surface area (Å²) in [6, 6.07) is 9.05. The van der Waals surface area contributed by atoms with Crippen LogP contribution in [-0.2, 0) is 4.74 Å². The topological polar surface area (TPSA) is 61.3 Å². The van der Waals surface area contributed by atoms with Crippen LogP contribution in [0.5, 0.6) is 5.75 Å². The van der Waals surface area contributed by atoms with Crippen molar-refractivity contribution in [1.29, 1.82) is 0 Å². The van der Waals surface area contributed by atoms with Crippen LogP contribution in [0, 0.1) is 0 Å². The fourth-order valence-electron chi connectivity index (χ4n) is 1.68. The smallest absolute Gasteiger partial charge is 0.357 e. The van der Waals surface area contributed by atoms with E-state index in [0.29, 0.717) is 18.1 Å². The minimum absolute atomic E-state index is 0.234. The van der Waals surface area contributed by atoms with Crippen LogP contribution in [0.3, 0.4) is 0 Å². The lowest BCUT2D eigenvalue weighted by atomic mass is 10.1. The standard InChI is InChI=1S/C14H14N2O3/c1-3-19-14(17)12-8-11(15-9-16-12)10-6-4-5-7-13(10)18-2/h4-9H,3H2,1-2H3. The minimum atomic E-state index is -0.457. The number of rotatable bonds is 4. The highest BCUT2D eigenvalue weighted by Crippen LogP contribution is 2.27. The highest BCUT2D eigenvalue weighted by atomic mass is 16.5. The van der Waals surface area contributed by atoms with Gasteiger partial charge in [-0.1, -0.05) is 12.1 Å². The van der Waals surface area contributed by atoms with Gasteiger partial charge in [0.2, 0.25) is 0 Å². The van der Waals surface area contributed by atoms with Gasteiger partial charge in [0.25, 0.3) is 0 Å². The zero-order valence-electron chi connectivity index (χ0n) is 10.8. The number of carbonyl (C=O) groups is 1. The second-order valence-corrected chi connectivity index (χ2v) is 3.71. The Balaban J connectivity index is 2.40. The van der Waals surface area contributed by atoms with Crippen LogP contribution >= 0.6 is 0 Å². The van der Waals surface area contributed by atoms with E-state index in [9.17, 15) is 4.79 Å². The van der Waals surface area contributed by atoms with Gasteiger partial charge in [0.05, 0.1) is 19.4 Å². The molecule has 2 aromatic rings. The first kappa shape index (κ1) is 13.0. The average Bonchev–Trinajstić information content (AvgIpc) is 2.47. The van der Waals surface area contributed by atoms with Crippen molar-refractivity contribution in [3.63, 3.8) is 0 Å². The Labute approximate surface area is 111 Å². The number of ether oxygens (including phenoxy) is 2. The Morgan fingerprint density at radius 3 is 2.79 bits per heavy atom. The quantitative estimate of drug-likeness (QED) is 0.788. The fraction of sp³-hybridized carbons (Fsp3) is 0.214. The molecular weight excluding hydrogens is 244 g/mol. The van der Waals surface area contributed by atoms with Crippen molar-refractivity contribution in [3.8, 4) is 17.0 Å². The summed E-state index contributed by atoms with van der Waals surface area (Å²) in [5, 5.41) is 0. The lowest BCUT2D eigenvalue weighted by Crippen LogP contribution is -2.07. The van der Waals surface area contributed by atoms with Crippen LogP contribution in [0.25, 0.3) is 11.3 Å². The molecule has 1 heterocycles. The summed E-state index contributed by atoms with van der Waals surface area (Å²) in [5.41, 5.74) is 1.66. The molecule has 0 saturated carbocycles. The largest absolute Gasteiger partial charge is 0.496 e. The van der Waals surface area contributed by atoms with Gasteiger partial charge in [-0.05, 0) is 25.1 Å². The lowest BCUT2D eigenvalue weighted by Gasteiger charge is -2.08. The van der Waals surface area contributed by atoms with Gasteiger partial charge < -0.3 is 9.47 Å². The average molecular weight is 258 g/mol. The molecule has 0 aliphatic rings. The first-order chi connectivity index (χ1) is 9.26. The van der Waals surface area contributed by atoms with Crippen molar-refractivity contribution in [3.05, 3.63) is 42.4 Å². The van der Waals surface area contributed by atoms with Gasteiger partial charge in [0, 0.05) is 5.56 Å². The van der Waals surface area contributed by atoms with Gasteiger partial charge >= 0.3 is 5.97 Å². The van der Waals surface area contributed by atoms with E-state index >= 15 is 0 Å². The summed E-state index contributed by atoms with van der Waals surface area (Å²) in [4.78, 5) is 19.7. The van der Waals surface area contributed by atoms with Crippen LogP contribution in [-0.4, -0.2) is 29.7 Å². The van der Waals surface area contributed by atoms with E-state index in [-0.39, 0.29) is 5.69 Å². The number of methoxy groups -OCH3 is 1. The van der Waals surface area contributed by atoms with Crippen LogP contribution in [0.15, 0.2) is 36.7 Å². The Morgan fingerprint density at radius 1 is 1.26 bits per heavy atom. The van der Waals surface area contributed by atoms with E-state index in [4.69, 9.17) is 9.47 Å². The number of esters is 1. The van der Waals surface area contributed by atoms with E-state index in [1.165, 1.54) is 6.33 Å². The van der Waals surface area contributed by atoms with Crippen LogP contribution in [0.4, 0.5) is 0 Å². The van der Waals surface area contributed by atoms with Crippen molar-refractivity contribution in [2.24, 2.45) is 0 Å². The molecule has 0 aliphatic carbocycles. The molecule has 2 rings (SSSR count). The van der Waals surface area contributed by atoms with E-state index in [1.807, 2.05) is 24.3 Å². The van der Waals surface area contributed by atoms with Crippen LogP contribution in [0.2, 0.25) is 0 Å². The van der Waals surface area contributed by atoms with Crippen molar-refractivity contribution in [2.75, 3.05) is 13.7 Å². The summed E-state index contributed by atoms with van der Waals surface area (Å²) in [6.07, 6.45) is 1.34. The normalized spacial score (nSPS) is 10.0. The molecule has 0 fully saturated rings. The molecular formula is C14H14N2O3. The first-order valence-electron chi connectivity index (χ1n) is 5.88. The zero-order valence-corrected chi connectivity index (χ0v) is 10.8. The van der Waals surface area contributed by atoms with E-state index in [0.717, 1.165) is 5.56 Å². The Hall–Kier alpha value is -2.43. The van der Waals surface area contributed by atoms with Gasteiger partial charge in [-0.2, -0.15) is 0 Å². The van der Waals surface area contributed by atoms with Crippen LogP contribution in [0.1, 0.15) is 17.4 Å². The monoisotopic (exact) mass is 258 g/mol. The number of hydrogen-bond acceptors (Lipinski definition) is 5. The Morgan fingerprint density at radius 2 is 2.05 bits per heavy atom. The number of nitrogens with zero attached hydrogens (tertiary/aromatic N) is 2. The summed E-state index contributed by atoms with van der Waals surface area (Å²) < 4.78 is 10.2. The number of hydrogen-bond donors (Lipinski definition) is 0. The van der Waals surface area contributed by atoms with Gasteiger partial charge in [-0.15, -0.1) is 0 Å². The summed E-state index contributed by atoms with van der Waals surface area (Å²) in [6.45, 7) is 2.06. The maximum atomic E-state index is 11.6. The summed E-state index contributed by atoms with van der Waals surface area (Å²) in [5.74, 6) is 0.233. The molecule has 1 aromatic carbocycles. The number of benzene rings is 1. The predicted molar refractivity (Wildman–Crippen MR) is 70.0 cm³/mol. The molecule has 19 heavy (non-hydrogen) atoms. The van der Waals surface area contributed by atoms with Crippen molar-refractivity contribution in [1.82, 2.24) is 9.97 Å². The molecule has 5 heteroatoms. The van der Waals surface area contributed by atoms with Crippen molar-refractivity contribution >= 4 is 5.97 Å². The molecule has 0 atom stereocenters. The second kappa shape index (κ2) is 5.95. The highest BCUT2D eigenvalue weighted by Gasteiger charge is 2.12. The van der Waals surface area contributed by atoms with Gasteiger partial charge in [-0.25, -0.2) is 14.8 Å². The maximum Gasteiger partial charge on any atom is 0.357 e. The molecule has 1 aromatic heterocycles. The predicted octanol–water partition coefficient (Wildman–Crippen LogP) is 2.33. The third-order valence-corrected chi connectivity index (χ3v) is 2.53. The summed E-state index contributed by atoms with van der Waals surface area (Å²) >= 11 is 0.